The summed E-state index contributed by atoms with van der Waals surface area (Å²) in [6, 6.07) is 16.8. The summed E-state index contributed by atoms with van der Waals surface area (Å²) < 4.78 is 15.9. The van der Waals surface area contributed by atoms with Gasteiger partial charge < -0.3 is 19.2 Å². The van der Waals surface area contributed by atoms with Crippen LogP contribution in [0.1, 0.15) is 34.8 Å². The summed E-state index contributed by atoms with van der Waals surface area (Å²) in [5, 5.41) is 2.63. The second-order valence-electron chi connectivity index (χ2n) is 6.38. The molecule has 1 aromatic heterocycles. The number of amides is 1. The lowest BCUT2D eigenvalue weighted by atomic mass is 10.1. The zero-order valence-corrected chi connectivity index (χ0v) is 16.6. The first kappa shape index (κ1) is 20.9. The van der Waals surface area contributed by atoms with Crippen molar-refractivity contribution in [3.63, 3.8) is 0 Å². The number of ether oxygens (including phenoxy) is 2. The van der Waals surface area contributed by atoms with Crippen LogP contribution < -0.4 is 10.1 Å². The van der Waals surface area contributed by atoms with Crippen LogP contribution in [-0.2, 0) is 9.53 Å². The number of nitrogens with one attached hydrogen (secondary N) is 1. The molecule has 0 aliphatic rings. The van der Waals surface area contributed by atoms with E-state index in [0.717, 1.165) is 0 Å². The van der Waals surface area contributed by atoms with Crippen molar-refractivity contribution in [1.29, 1.82) is 0 Å². The predicted octanol–water partition coefficient (Wildman–Crippen LogP) is 4.34. The van der Waals surface area contributed by atoms with Crippen molar-refractivity contribution in [2.75, 3.05) is 18.5 Å². The molecule has 0 atom stereocenters. The number of rotatable bonds is 8. The van der Waals surface area contributed by atoms with Gasteiger partial charge >= 0.3 is 5.97 Å². The second-order valence-corrected chi connectivity index (χ2v) is 6.38. The Morgan fingerprint density at radius 1 is 0.933 bits per heavy atom. The van der Waals surface area contributed by atoms with Gasteiger partial charge in [-0.2, -0.15) is 0 Å². The van der Waals surface area contributed by atoms with E-state index >= 15 is 0 Å². The number of hydrogen-bond donors (Lipinski definition) is 1. The number of benzene rings is 2. The molecule has 30 heavy (non-hydrogen) atoms. The topological polar surface area (TPSA) is 94.8 Å². The van der Waals surface area contributed by atoms with Gasteiger partial charge in [0.05, 0.1) is 6.61 Å². The van der Waals surface area contributed by atoms with Gasteiger partial charge in [0.1, 0.15) is 11.5 Å². The summed E-state index contributed by atoms with van der Waals surface area (Å²) in [6.07, 6.45) is 0. The fourth-order valence-corrected chi connectivity index (χ4v) is 2.67. The van der Waals surface area contributed by atoms with Crippen LogP contribution in [0.3, 0.4) is 0 Å². The molecule has 2 aromatic carbocycles. The minimum absolute atomic E-state index is 0.0190. The summed E-state index contributed by atoms with van der Waals surface area (Å²) in [7, 11) is 0. The molecule has 0 unspecified atom stereocenters. The van der Waals surface area contributed by atoms with Gasteiger partial charge in [0.2, 0.25) is 5.76 Å². The Bertz CT molecular complexity index is 1030. The highest BCUT2D eigenvalue weighted by Gasteiger charge is 2.16. The maximum atomic E-state index is 12.1. The first-order valence-electron chi connectivity index (χ1n) is 9.37. The molecule has 0 radical (unpaired) electrons. The number of furan rings is 1. The average molecular weight is 407 g/mol. The molecule has 3 aromatic rings. The molecule has 0 fully saturated rings. The van der Waals surface area contributed by atoms with E-state index in [1.165, 1.54) is 13.0 Å². The average Bonchev–Trinajstić information content (AvgIpc) is 3.24. The zero-order valence-electron chi connectivity index (χ0n) is 16.6. The third-order valence-corrected chi connectivity index (χ3v) is 4.17. The number of carbonyl (C=O) groups excluding carboxylic acids is 3. The van der Waals surface area contributed by atoms with Gasteiger partial charge in [0.15, 0.2) is 12.4 Å². The van der Waals surface area contributed by atoms with Crippen LogP contribution in [-0.4, -0.2) is 30.9 Å². The monoisotopic (exact) mass is 407 g/mol. The molecule has 0 spiro atoms. The van der Waals surface area contributed by atoms with Crippen molar-refractivity contribution in [3.8, 4) is 17.1 Å². The van der Waals surface area contributed by atoms with Crippen molar-refractivity contribution in [2.45, 2.75) is 13.8 Å². The van der Waals surface area contributed by atoms with Crippen LogP contribution >= 0.6 is 0 Å². The molecule has 7 heteroatoms. The van der Waals surface area contributed by atoms with Crippen molar-refractivity contribution in [3.05, 3.63) is 72.0 Å². The van der Waals surface area contributed by atoms with E-state index in [-0.39, 0.29) is 11.5 Å². The van der Waals surface area contributed by atoms with Crippen LogP contribution in [0.2, 0.25) is 0 Å². The lowest BCUT2D eigenvalue weighted by molar-refractivity contribution is -0.119. The Morgan fingerprint density at radius 2 is 1.63 bits per heavy atom. The summed E-state index contributed by atoms with van der Waals surface area (Å²) in [4.78, 5) is 35.5. The van der Waals surface area contributed by atoms with E-state index in [2.05, 4.69) is 5.32 Å². The molecule has 0 saturated carbocycles. The predicted molar refractivity (Wildman–Crippen MR) is 111 cm³/mol. The summed E-state index contributed by atoms with van der Waals surface area (Å²) >= 11 is 0. The molecule has 0 aliphatic heterocycles. The van der Waals surface area contributed by atoms with Crippen LogP contribution in [0.4, 0.5) is 5.69 Å². The van der Waals surface area contributed by atoms with Crippen LogP contribution in [0.5, 0.6) is 5.75 Å². The third kappa shape index (κ3) is 5.35. The highest BCUT2D eigenvalue weighted by atomic mass is 16.5. The van der Waals surface area contributed by atoms with Crippen LogP contribution in [0.15, 0.2) is 65.1 Å². The minimum Gasteiger partial charge on any atom is -0.494 e. The van der Waals surface area contributed by atoms with Crippen molar-refractivity contribution < 1.29 is 28.3 Å². The molecule has 1 heterocycles. The van der Waals surface area contributed by atoms with E-state index < -0.39 is 18.5 Å². The van der Waals surface area contributed by atoms with Crippen LogP contribution in [0, 0.1) is 0 Å². The number of Topliss-reactive ketones (excluding diaryl/α,β-unsaturated/α-hetero) is 1. The number of ketones is 1. The number of carbonyl (C=O) groups is 3. The van der Waals surface area contributed by atoms with Crippen LogP contribution in [0.25, 0.3) is 11.3 Å². The molecule has 154 valence electrons. The van der Waals surface area contributed by atoms with Gasteiger partial charge in [-0.05, 0) is 50.2 Å². The Hall–Kier alpha value is -3.87. The molecule has 0 saturated heterocycles. The van der Waals surface area contributed by atoms with Crippen molar-refractivity contribution in [2.24, 2.45) is 0 Å². The van der Waals surface area contributed by atoms with Gasteiger partial charge in [0, 0.05) is 16.8 Å². The molecule has 1 amide bonds. The Balaban J connectivity index is 1.53. The van der Waals surface area contributed by atoms with E-state index in [9.17, 15) is 14.4 Å². The molecule has 1 N–H and O–H groups in total. The minimum atomic E-state index is -0.747. The molecule has 0 bridgehead atoms. The first-order valence-corrected chi connectivity index (χ1v) is 9.37. The molecular formula is C23H21NO6. The lowest BCUT2D eigenvalue weighted by Crippen LogP contribution is -2.20. The maximum Gasteiger partial charge on any atom is 0.374 e. The van der Waals surface area contributed by atoms with E-state index in [1.54, 1.807) is 54.6 Å². The largest absolute Gasteiger partial charge is 0.494 e. The number of esters is 1. The molecule has 0 aliphatic carbocycles. The number of hydrogen-bond acceptors (Lipinski definition) is 6. The molecule has 7 nitrogen and oxygen atoms in total. The van der Waals surface area contributed by atoms with Gasteiger partial charge in [0.25, 0.3) is 5.91 Å². The van der Waals surface area contributed by atoms with Gasteiger partial charge in [-0.15, -0.1) is 0 Å². The first-order chi connectivity index (χ1) is 14.5. The number of anilines is 1. The zero-order chi connectivity index (χ0) is 21.5. The van der Waals surface area contributed by atoms with Gasteiger partial charge in [-0.25, -0.2) is 4.79 Å². The normalized spacial score (nSPS) is 10.3. The SMILES string of the molecule is CCOc1ccc(NC(=O)COC(=O)c2ccc(-c3ccc(C(C)=O)cc3)o2)cc1. The highest BCUT2D eigenvalue weighted by Crippen LogP contribution is 2.23. The summed E-state index contributed by atoms with van der Waals surface area (Å²) in [6.45, 7) is 3.48. The molecular weight excluding hydrogens is 386 g/mol. The highest BCUT2D eigenvalue weighted by molar-refractivity contribution is 5.95. The van der Waals surface area contributed by atoms with Crippen molar-refractivity contribution in [1.82, 2.24) is 0 Å². The second kappa shape index (κ2) is 9.56. The third-order valence-electron chi connectivity index (χ3n) is 4.17. The quantitative estimate of drug-likeness (QED) is 0.441. The molecule has 3 rings (SSSR count). The van der Waals surface area contributed by atoms with E-state index in [1.807, 2.05) is 6.92 Å². The summed E-state index contributed by atoms with van der Waals surface area (Å²) in [5.41, 5.74) is 1.87. The van der Waals surface area contributed by atoms with Crippen molar-refractivity contribution >= 4 is 23.3 Å². The Labute approximate surface area is 173 Å². The fourth-order valence-electron chi connectivity index (χ4n) is 2.67. The summed E-state index contributed by atoms with van der Waals surface area (Å²) in [5.74, 6) is -0.117. The van der Waals surface area contributed by atoms with Gasteiger partial charge in [-0.1, -0.05) is 24.3 Å². The van der Waals surface area contributed by atoms with E-state index in [4.69, 9.17) is 13.9 Å². The Morgan fingerprint density at radius 3 is 2.27 bits per heavy atom. The lowest BCUT2D eigenvalue weighted by Gasteiger charge is -2.07. The van der Waals surface area contributed by atoms with E-state index in [0.29, 0.717) is 34.9 Å². The standard InChI is InChI=1S/C23H21NO6/c1-3-28-19-10-8-18(9-11-19)24-22(26)14-29-23(27)21-13-12-20(30-21)17-6-4-16(5-7-17)15(2)25/h4-13H,3,14H2,1-2H3,(H,24,26). The fraction of sp³-hybridized carbons (Fsp3) is 0.174. The maximum absolute atomic E-state index is 12.1. The smallest absolute Gasteiger partial charge is 0.374 e. The Kier molecular flexibility index (Phi) is 6.64. The van der Waals surface area contributed by atoms with Gasteiger partial charge in [-0.3, -0.25) is 9.59 Å².